The van der Waals surface area contributed by atoms with Gasteiger partial charge in [0.2, 0.25) is 0 Å². The Hall–Kier alpha value is 0.280. The van der Waals surface area contributed by atoms with Crippen molar-refractivity contribution >= 4 is 23.2 Å². The minimum absolute atomic E-state index is 0.354. The fourth-order valence-corrected chi connectivity index (χ4v) is 0.718. The topological polar surface area (TPSA) is 26.0 Å². The average Bonchev–Trinajstić information content (AvgIpc) is 1.80. The van der Waals surface area contributed by atoms with E-state index in [9.17, 15) is 0 Å². The molecule has 0 unspecified atom stereocenters. The highest BCUT2D eigenvalue weighted by atomic mass is 35.5. The van der Waals surface area contributed by atoms with Crippen molar-refractivity contribution in [2.24, 2.45) is 5.73 Å². The normalized spacial score (nSPS) is 9.22. The first-order chi connectivity index (χ1) is 4.27. The van der Waals surface area contributed by atoms with E-state index in [1.165, 1.54) is 0 Å². The minimum Gasteiger partial charge on any atom is -0.330 e. The second-order valence-electron chi connectivity index (χ2n) is 1.78. The molecule has 0 bridgehead atoms. The average molecular weight is 168 g/mol. The maximum absolute atomic E-state index is 5.35. The molecule has 54 valence electrons. The highest BCUT2D eigenvalue weighted by Gasteiger charge is 1.84. The van der Waals surface area contributed by atoms with Gasteiger partial charge in [-0.2, -0.15) is 0 Å². The van der Waals surface area contributed by atoms with Gasteiger partial charge in [0.25, 0.3) is 0 Å². The van der Waals surface area contributed by atoms with Crippen LogP contribution in [0.2, 0.25) is 0 Å². The predicted molar refractivity (Wildman–Crippen MR) is 42.7 cm³/mol. The first kappa shape index (κ1) is 9.28. The quantitative estimate of drug-likeness (QED) is 0.641. The summed E-state index contributed by atoms with van der Waals surface area (Å²) in [5.74, 6) is 0. The zero-order valence-electron chi connectivity index (χ0n) is 5.24. The summed E-state index contributed by atoms with van der Waals surface area (Å²) in [5.41, 5.74) is 5.26. The summed E-state index contributed by atoms with van der Waals surface area (Å²) in [5, 5.41) is 0. The highest BCUT2D eigenvalue weighted by molar-refractivity contribution is 6.55. The smallest absolute Gasteiger partial charge is 0.102 e. The first-order valence-corrected chi connectivity index (χ1v) is 3.74. The van der Waals surface area contributed by atoms with E-state index < -0.39 is 0 Å². The molecule has 0 aliphatic heterocycles. The van der Waals surface area contributed by atoms with Crippen LogP contribution in [0.4, 0.5) is 0 Å². The molecule has 0 spiro atoms. The van der Waals surface area contributed by atoms with Crippen LogP contribution in [0, 0.1) is 0 Å². The summed E-state index contributed by atoms with van der Waals surface area (Å²) in [6.45, 7) is 0.744. The van der Waals surface area contributed by atoms with E-state index >= 15 is 0 Å². The summed E-state index contributed by atoms with van der Waals surface area (Å²) in [6, 6.07) is 0. The molecule has 0 radical (unpaired) electrons. The molecule has 0 amide bonds. The number of hydrogen-bond donors (Lipinski definition) is 1. The molecule has 0 fully saturated rings. The molecule has 1 nitrogen and oxygen atoms in total. The Labute approximate surface area is 65.8 Å². The van der Waals surface area contributed by atoms with Crippen LogP contribution in [0.15, 0.2) is 10.6 Å². The molecule has 0 aromatic heterocycles. The number of hydrogen-bond acceptors (Lipinski definition) is 1. The fourth-order valence-electron chi connectivity index (χ4n) is 0.500. The largest absolute Gasteiger partial charge is 0.330 e. The van der Waals surface area contributed by atoms with Crippen LogP contribution in [0.5, 0.6) is 0 Å². The Bertz CT molecular complexity index is 87.1. The van der Waals surface area contributed by atoms with Crippen LogP contribution in [0.1, 0.15) is 19.3 Å². The number of allylic oxidation sites excluding steroid dienone is 1. The molecule has 0 heterocycles. The zero-order valence-corrected chi connectivity index (χ0v) is 6.75. The van der Waals surface area contributed by atoms with E-state index in [0.29, 0.717) is 4.49 Å². The van der Waals surface area contributed by atoms with E-state index in [2.05, 4.69) is 0 Å². The molecule has 0 aliphatic rings. The Balaban J connectivity index is 3.00. The molecule has 0 atom stereocenters. The second-order valence-corrected chi connectivity index (χ2v) is 2.79. The van der Waals surface area contributed by atoms with Crippen molar-refractivity contribution in [3.8, 4) is 0 Å². The van der Waals surface area contributed by atoms with Crippen LogP contribution in [-0.4, -0.2) is 6.54 Å². The van der Waals surface area contributed by atoms with E-state index in [0.717, 1.165) is 25.8 Å². The van der Waals surface area contributed by atoms with Gasteiger partial charge in [0.15, 0.2) is 0 Å². The number of nitrogens with two attached hydrogens (primary N) is 1. The van der Waals surface area contributed by atoms with Crippen molar-refractivity contribution in [1.82, 2.24) is 0 Å². The third kappa shape index (κ3) is 8.28. The van der Waals surface area contributed by atoms with Crippen molar-refractivity contribution in [2.45, 2.75) is 19.3 Å². The third-order valence-electron chi connectivity index (χ3n) is 0.957. The van der Waals surface area contributed by atoms with E-state index in [4.69, 9.17) is 28.9 Å². The fraction of sp³-hybridized carbons (Fsp3) is 0.667. The lowest BCUT2D eigenvalue weighted by molar-refractivity contribution is 0.758. The van der Waals surface area contributed by atoms with Crippen molar-refractivity contribution in [3.05, 3.63) is 10.6 Å². The Morgan fingerprint density at radius 1 is 1.33 bits per heavy atom. The number of rotatable bonds is 4. The van der Waals surface area contributed by atoms with Crippen LogP contribution >= 0.6 is 23.2 Å². The van der Waals surface area contributed by atoms with Crippen LogP contribution in [0.3, 0.4) is 0 Å². The van der Waals surface area contributed by atoms with E-state index in [-0.39, 0.29) is 0 Å². The molecular weight excluding hydrogens is 157 g/mol. The molecule has 0 aromatic rings. The van der Waals surface area contributed by atoms with Gasteiger partial charge < -0.3 is 5.73 Å². The molecular formula is C6H11Cl2N. The standard InChI is InChI=1S/C6H11Cl2N/c7-6(8)4-2-1-3-5-9/h4H,1-3,5,9H2. The second kappa shape index (κ2) is 6.40. The summed E-state index contributed by atoms with van der Waals surface area (Å²) >= 11 is 10.7. The Kier molecular flexibility index (Phi) is 6.60. The van der Waals surface area contributed by atoms with Gasteiger partial charge in [-0.05, 0) is 25.8 Å². The van der Waals surface area contributed by atoms with Gasteiger partial charge in [-0.15, -0.1) is 0 Å². The molecule has 2 N–H and O–H groups in total. The highest BCUT2D eigenvalue weighted by Crippen LogP contribution is 2.08. The van der Waals surface area contributed by atoms with Crippen molar-refractivity contribution in [1.29, 1.82) is 0 Å². The minimum atomic E-state index is 0.354. The summed E-state index contributed by atoms with van der Waals surface area (Å²) < 4.78 is 0.354. The molecule has 0 saturated heterocycles. The van der Waals surface area contributed by atoms with Crippen LogP contribution in [-0.2, 0) is 0 Å². The van der Waals surface area contributed by atoms with Crippen LogP contribution in [0.25, 0.3) is 0 Å². The molecule has 0 saturated carbocycles. The maximum Gasteiger partial charge on any atom is 0.102 e. The van der Waals surface area contributed by atoms with Crippen molar-refractivity contribution < 1.29 is 0 Å². The first-order valence-electron chi connectivity index (χ1n) is 2.98. The molecule has 0 rings (SSSR count). The lowest BCUT2D eigenvalue weighted by Crippen LogP contribution is -1.96. The zero-order chi connectivity index (χ0) is 7.11. The van der Waals surface area contributed by atoms with Gasteiger partial charge >= 0.3 is 0 Å². The summed E-state index contributed by atoms with van der Waals surface area (Å²) in [4.78, 5) is 0. The lowest BCUT2D eigenvalue weighted by atomic mass is 10.2. The Morgan fingerprint density at radius 3 is 2.44 bits per heavy atom. The predicted octanol–water partition coefficient (Wildman–Crippen LogP) is 2.43. The van der Waals surface area contributed by atoms with Crippen molar-refractivity contribution in [3.63, 3.8) is 0 Å². The van der Waals surface area contributed by atoms with Crippen molar-refractivity contribution in [2.75, 3.05) is 6.54 Å². The van der Waals surface area contributed by atoms with Gasteiger partial charge in [0, 0.05) is 0 Å². The van der Waals surface area contributed by atoms with E-state index in [1.807, 2.05) is 0 Å². The number of unbranched alkanes of at least 4 members (excludes halogenated alkanes) is 2. The van der Waals surface area contributed by atoms with E-state index in [1.54, 1.807) is 6.08 Å². The van der Waals surface area contributed by atoms with Crippen LogP contribution < -0.4 is 5.73 Å². The third-order valence-corrected chi connectivity index (χ3v) is 1.27. The number of halogens is 2. The summed E-state index contributed by atoms with van der Waals surface area (Å²) in [6.07, 6.45) is 4.83. The molecule has 9 heavy (non-hydrogen) atoms. The van der Waals surface area contributed by atoms with Gasteiger partial charge in [0.1, 0.15) is 4.49 Å². The lowest BCUT2D eigenvalue weighted by Gasteiger charge is -1.90. The molecule has 3 heteroatoms. The van der Waals surface area contributed by atoms with Gasteiger partial charge in [-0.1, -0.05) is 29.3 Å². The summed E-state index contributed by atoms with van der Waals surface area (Å²) in [7, 11) is 0. The van der Waals surface area contributed by atoms with Gasteiger partial charge in [0.05, 0.1) is 0 Å². The molecule has 0 aromatic carbocycles. The molecule has 0 aliphatic carbocycles. The monoisotopic (exact) mass is 167 g/mol. The SMILES string of the molecule is NCCCCC=C(Cl)Cl. The van der Waals surface area contributed by atoms with Gasteiger partial charge in [-0.3, -0.25) is 0 Å². The van der Waals surface area contributed by atoms with Gasteiger partial charge in [-0.25, -0.2) is 0 Å². The maximum atomic E-state index is 5.35. The Morgan fingerprint density at radius 2 is 2.00 bits per heavy atom.